The molecule has 0 saturated carbocycles. The smallest absolute Gasteiger partial charge is 0.257 e. The van der Waals surface area contributed by atoms with E-state index in [9.17, 15) is 9.59 Å². The first-order chi connectivity index (χ1) is 9.40. The first-order valence-corrected chi connectivity index (χ1v) is 7.00. The number of ether oxygens (including phenoxy) is 1. The van der Waals surface area contributed by atoms with Gasteiger partial charge in [0.1, 0.15) is 5.75 Å². The van der Waals surface area contributed by atoms with Crippen molar-refractivity contribution in [1.82, 2.24) is 10.2 Å². The zero-order valence-electron chi connectivity index (χ0n) is 12.1. The number of benzene rings is 1. The van der Waals surface area contributed by atoms with Crippen molar-refractivity contribution in [3.05, 3.63) is 28.2 Å². The van der Waals surface area contributed by atoms with Crippen molar-refractivity contribution >= 4 is 27.7 Å². The Bertz CT molecular complexity index is 505. The molecule has 0 fully saturated rings. The molecule has 0 spiro atoms. The van der Waals surface area contributed by atoms with Crippen LogP contribution in [0.15, 0.2) is 22.7 Å². The van der Waals surface area contributed by atoms with Crippen LogP contribution in [0.1, 0.15) is 17.3 Å². The third-order valence-corrected chi connectivity index (χ3v) is 3.48. The van der Waals surface area contributed by atoms with Crippen LogP contribution in [-0.4, -0.2) is 44.5 Å². The lowest BCUT2D eigenvalue weighted by Gasteiger charge is -2.21. The molecule has 0 aliphatic heterocycles. The molecule has 20 heavy (non-hydrogen) atoms. The van der Waals surface area contributed by atoms with Crippen molar-refractivity contribution in [1.29, 1.82) is 0 Å². The Hall–Kier alpha value is -1.56. The van der Waals surface area contributed by atoms with Crippen molar-refractivity contribution < 1.29 is 14.3 Å². The van der Waals surface area contributed by atoms with Crippen molar-refractivity contribution in [3.8, 4) is 5.75 Å². The highest BCUT2D eigenvalue weighted by atomic mass is 79.9. The third-order valence-electron chi connectivity index (χ3n) is 2.98. The van der Waals surface area contributed by atoms with Crippen LogP contribution in [0.5, 0.6) is 5.75 Å². The Morgan fingerprint density at radius 3 is 2.65 bits per heavy atom. The number of carbonyl (C=O) groups excluding carboxylic acids is 2. The topological polar surface area (TPSA) is 58.6 Å². The van der Waals surface area contributed by atoms with E-state index in [1.54, 1.807) is 39.2 Å². The van der Waals surface area contributed by atoms with Gasteiger partial charge in [0.2, 0.25) is 5.91 Å². The van der Waals surface area contributed by atoms with Crippen molar-refractivity contribution in [2.75, 3.05) is 27.7 Å². The third kappa shape index (κ3) is 3.96. The summed E-state index contributed by atoms with van der Waals surface area (Å²) in [6.07, 6.45) is 0. The van der Waals surface area contributed by atoms with Crippen LogP contribution in [0.25, 0.3) is 0 Å². The minimum absolute atomic E-state index is 0.0904. The van der Waals surface area contributed by atoms with E-state index in [1.165, 1.54) is 12.0 Å². The summed E-state index contributed by atoms with van der Waals surface area (Å²) in [5.74, 6) is -0.0308. The van der Waals surface area contributed by atoms with Crippen LogP contribution >= 0.6 is 15.9 Å². The number of hydrogen-bond acceptors (Lipinski definition) is 3. The molecule has 1 aromatic carbocycles. The van der Waals surface area contributed by atoms with Gasteiger partial charge >= 0.3 is 0 Å². The van der Waals surface area contributed by atoms with E-state index in [-0.39, 0.29) is 17.7 Å². The van der Waals surface area contributed by atoms with Gasteiger partial charge in [-0.15, -0.1) is 0 Å². The summed E-state index contributed by atoms with van der Waals surface area (Å²) in [7, 11) is 4.77. The summed E-state index contributed by atoms with van der Waals surface area (Å²) < 4.78 is 6.05. The van der Waals surface area contributed by atoms with Gasteiger partial charge in [0.05, 0.1) is 18.6 Å². The molecule has 6 heteroatoms. The summed E-state index contributed by atoms with van der Waals surface area (Å²) in [5.41, 5.74) is 0.474. The fourth-order valence-corrected chi connectivity index (χ4v) is 2.21. The lowest BCUT2D eigenvalue weighted by Crippen LogP contribution is -2.37. The zero-order chi connectivity index (χ0) is 15.3. The summed E-state index contributed by atoms with van der Waals surface area (Å²) >= 11 is 3.33. The molecule has 1 N–H and O–H groups in total. The maximum Gasteiger partial charge on any atom is 0.257 e. The van der Waals surface area contributed by atoms with Gasteiger partial charge in [0, 0.05) is 25.1 Å². The first-order valence-electron chi connectivity index (χ1n) is 6.21. The van der Waals surface area contributed by atoms with E-state index >= 15 is 0 Å². The largest absolute Gasteiger partial charge is 0.496 e. The molecular weight excluding hydrogens is 324 g/mol. The predicted molar refractivity (Wildman–Crippen MR) is 80.9 cm³/mol. The molecular formula is C14H19BrN2O3. The lowest BCUT2D eigenvalue weighted by molar-refractivity contribution is -0.124. The van der Waals surface area contributed by atoms with Crippen molar-refractivity contribution in [3.63, 3.8) is 0 Å². The van der Waals surface area contributed by atoms with Crippen LogP contribution in [0.3, 0.4) is 0 Å². The van der Waals surface area contributed by atoms with E-state index < -0.39 is 0 Å². The van der Waals surface area contributed by atoms with Crippen molar-refractivity contribution in [2.45, 2.75) is 6.92 Å². The number of hydrogen-bond donors (Lipinski definition) is 1. The zero-order valence-corrected chi connectivity index (χ0v) is 13.7. The van der Waals surface area contributed by atoms with Gasteiger partial charge in [0.15, 0.2) is 0 Å². The van der Waals surface area contributed by atoms with Gasteiger partial charge in [-0.05, 0) is 18.2 Å². The minimum atomic E-state index is -0.268. The standard InChI is InChI=1S/C14H19BrN2O3/c1-9(13(18)16-2)8-17(3)14(19)11-6-5-10(15)7-12(11)20-4/h5-7,9H,8H2,1-4H3,(H,16,18). The summed E-state index contributed by atoms with van der Waals surface area (Å²) in [5, 5.41) is 2.57. The minimum Gasteiger partial charge on any atom is -0.496 e. The molecule has 0 aliphatic carbocycles. The molecule has 5 nitrogen and oxygen atoms in total. The molecule has 0 aliphatic rings. The molecule has 0 bridgehead atoms. The van der Waals surface area contributed by atoms with E-state index in [1.807, 2.05) is 0 Å². The number of rotatable bonds is 5. The Morgan fingerprint density at radius 1 is 1.45 bits per heavy atom. The molecule has 0 saturated heterocycles. The highest BCUT2D eigenvalue weighted by Gasteiger charge is 2.21. The van der Waals surface area contributed by atoms with Gasteiger partial charge in [-0.2, -0.15) is 0 Å². The highest BCUT2D eigenvalue weighted by molar-refractivity contribution is 9.10. The van der Waals surface area contributed by atoms with Gasteiger partial charge in [-0.1, -0.05) is 22.9 Å². The molecule has 1 rings (SSSR count). The van der Waals surface area contributed by atoms with Crippen molar-refractivity contribution in [2.24, 2.45) is 5.92 Å². The van der Waals surface area contributed by atoms with Crippen LogP contribution in [-0.2, 0) is 4.79 Å². The van der Waals surface area contributed by atoms with Crippen LogP contribution in [0.2, 0.25) is 0 Å². The number of halogens is 1. The molecule has 0 aromatic heterocycles. The normalized spacial score (nSPS) is 11.7. The molecule has 1 aromatic rings. The SMILES string of the molecule is CNC(=O)C(C)CN(C)C(=O)c1ccc(Br)cc1OC. The number of methoxy groups -OCH3 is 1. The van der Waals surface area contributed by atoms with Crippen LogP contribution < -0.4 is 10.1 Å². The van der Waals surface area contributed by atoms with Crippen LogP contribution in [0.4, 0.5) is 0 Å². The summed E-state index contributed by atoms with van der Waals surface area (Å²) in [4.78, 5) is 25.4. The fourth-order valence-electron chi connectivity index (χ4n) is 1.87. The quantitative estimate of drug-likeness (QED) is 0.889. The second-order valence-electron chi connectivity index (χ2n) is 4.55. The number of carbonyl (C=O) groups is 2. The highest BCUT2D eigenvalue weighted by Crippen LogP contribution is 2.24. The van der Waals surface area contributed by atoms with Gasteiger partial charge < -0.3 is 15.0 Å². The average Bonchev–Trinajstić information content (AvgIpc) is 2.45. The average molecular weight is 343 g/mol. The maximum atomic E-state index is 12.4. The Morgan fingerprint density at radius 2 is 2.10 bits per heavy atom. The number of nitrogens with one attached hydrogen (secondary N) is 1. The Balaban J connectivity index is 2.87. The fraction of sp³-hybridized carbons (Fsp3) is 0.429. The van der Waals surface area contributed by atoms with E-state index in [4.69, 9.17) is 4.74 Å². The van der Waals surface area contributed by atoms with E-state index in [2.05, 4.69) is 21.2 Å². The molecule has 110 valence electrons. The monoisotopic (exact) mass is 342 g/mol. The van der Waals surface area contributed by atoms with E-state index in [0.29, 0.717) is 17.9 Å². The molecule has 1 atom stereocenters. The lowest BCUT2D eigenvalue weighted by atomic mass is 10.1. The second-order valence-corrected chi connectivity index (χ2v) is 5.46. The first kappa shape index (κ1) is 16.5. The van der Waals surface area contributed by atoms with Gasteiger partial charge in [-0.25, -0.2) is 0 Å². The number of amides is 2. The second kappa shape index (κ2) is 7.28. The molecule has 0 radical (unpaired) electrons. The summed E-state index contributed by atoms with van der Waals surface area (Å²) in [6.45, 7) is 2.12. The van der Waals surface area contributed by atoms with Crippen LogP contribution in [0, 0.1) is 5.92 Å². The molecule has 0 heterocycles. The Labute approximate surface area is 127 Å². The predicted octanol–water partition coefficient (Wildman–Crippen LogP) is 1.91. The maximum absolute atomic E-state index is 12.4. The summed E-state index contributed by atoms with van der Waals surface area (Å²) in [6, 6.07) is 5.22. The van der Waals surface area contributed by atoms with Gasteiger partial charge in [0.25, 0.3) is 5.91 Å². The van der Waals surface area contributed by atoms with Gasteiger partial charge in [-0.3, -0.25) is 9.59 Å². The molecule has 1 unspecified atom stereocenters. The van der Waals surface area contributed by atoms with E-state index in [0.717, 1.165) is 4.47 Å². The molecule has 2 amide bonds. The Kier molecular flexibility index (Phi) is 6.01. The number of nitrogens with zero attached hydrogens (tertiary/aromatic N) is 1.